The molecule has 1 fully saturated rings. The summed E-state index contributed by atoms with van der Waals surface area (Å²) in [6.45, 7) is 4.97. The normalized spacial score (nSPS) is 18.8. The molecular formula is C24H30N4O2. The second-order valence-electron chi connectivity index (χ2n) is 8.08. The van der Waals surface area contributed by atoms with Gasteiger partial charge in [-0.1, -0.05) is 0 Å². The quantitative estimate of drug-likeness (QED) is 0.569. The molecule has 1 aromatic carbocycles. The Labute approximate surface area is 178 Å². The maximum Gasteiger partial charge on any atom is 0.140 e. The molecule has 0 saturated carbocycles. The number of ether oxygens (including phenoxy) is 2. The van der Waals surface area contributed by atoms with E-state index in [-0.39, 0.29) is 6.04 Å². The number of rotatable bonds is 8. The van der Waals surface area contributed by atoms with E-state index < -0.39 is 0 Å². The summed E-state index contributed by atoms with van der Waals surface area (Å²) in [7, 11) is 4.14. The predicted octanol–water partition coefficient (Wildman–Crippen LogP) is 3.84. The summed E-state index contributed by atoms with van der Waals surface area (Å²) < 4.78 is 14.0. The summed E-state index contributed by atoms with van der Waals surface area (Å²) in [6, 6.07) is 10.8. The Bertz CT molecular complexity index is 955. The van der Waals surface area contributed by atoms with Crippen LogP contribution in [0.4, 0.5) is 0 Å². The zero-order valence-corrected chi connectivity index (χ0v) is 18.0. The van der Waals surface area contributed by atoms with Crippen LogP contribution in [-0.2, 0) is 17.7 Å². The van der Waals surface area contributed by atoms with E-state index >= 15 is 0 Å². The first kappa shape index (κ1) is 20.6. The van der Waals surface area contributed by atoms with Crippen LogP contribution in [0.2, 0.25) is 0 Å². The van der Waals surface area contributed by atoms with E-state index in [0.717, 1.165) is 36.7 Å². The molecule has 2 atom stereocenters. The van der Waals surface area contributed by atoms with Crippen LogP contribution in [0.3, 0.4) is 0 Å². The summed E-state index contributed by atoms with van der Waals surface area (Å²) in [5.41, 5.74) is 3.57. The largest absolute Gasteiger partial charge is 0.494 e. The topological polar surface area (TPSA) is 52.4 Å². The zero-order chi connectivity index (χ0) is 20.9. The molecular weight excluding hydrogens is 376 g/mol. The summed E-state index contributed by atoms with van der Waals surface area (Å²) in [5.74, 6) is 2.32. The van der Waals surface area contributed by atoms with Gasteiger partial charge in [-0.15, -0.1) is 0 Å². The summed E-state index contributed by atoms with van der Waals surface area (Å²) in [5, 5.41) is 0. The van der Waals surface area contributed by atoms with Gasteiger partial charge < -0.3 is 18.9 Å². The van der Waals surface area contributed by atoms with E-state index in [2.05, 4.69) is 65.1 Å². The van der Waals surface area contributed by atoms with Crippen molar-refractivity contribution in [2.45, 2.75) is 25.9 Å². The lowest BCUT2D eigenvalue weighted by Gasteiger charge is -2.22. The van der Waals surface area contributed by atoms with Crippen LogP contribution in [0.25, 0.3) is 11.4 Å². The van der Waals surface area contributed by atoms with E-state index in [4.69, 9.17) is 14.5 Å². The van der Waals surface area contributed by atoms with Gasteiger partial charge in [0.1, 0.15) is 11.6 Å². The molecule has 3 aromatic rings. The first-order valence-corrected chi connectivity index (χ1v) is 10.6. The van der Waals surface area contributed by atoms with E-state index in [1.807, 2.05) is 25.5 Å². The molecule has 4 rings (SSSR count). The van der Waals surface area contributed by atoms with Gasteiger partial charge >= 0.3 is 0 Å². The molecule has 1 aliphatic rings. The Morgan fingerprint density at radius 2 is 1.97 bits per heavy atom. The van der Waals surface area contributed by atoms with E-state index in [1.165, 1.54) is 11.1 Å². The number of pyridine rings is 1. The molecule has 0 radical (unpaired) electrons. The fourth-order valence-electron chi connectivity index (χ4n) is 4.19. The third kappa shape index (κ3) is 4.55. The van der Waals surface area contributed by atoms with Crippen molar-refractivity contribution in [1.82, 2.24) is 19.4 Å². The molecule has 0 unspecified atom stereocenters. The molecule has 0 spiro atoms. The van der Waals surface area contributed by atoms with Crippen molar-refractivity contribution in [3.63, 3.8) is 0 Å². The Morgan fingerprint density at radius 3 is 2.73 bits per heavy atom. The fraction of sp³-hybridized carbons (Fsp3) is 0.417. The maximum absolute atomic E-state index is 5.89. The fourth-order valence-corrected chi connectivity index (χ4v) is 4.19. The average molecular weight is 407 g/mol. The molecule has 0 bridgehead atoms. The monoisotopic (exact) mass is 406 g/mol. The summed E-state index contributed by atoms with van der Waals surface area (Å²) >= 11 is 0. The molecule has 2 aromatic heterocycles. The summed E-state index contributed by atoms with van der Waals surface area (Å²) in [4.78, 5) is 11.0. The Morgan fingerprint density at radius 1 is 1.13 bits per heavy atom. The maximum atomic E-state index is 5.89. The molecule has 6 heteroatoms. The van der Waals surface area contributed by atoms with Crippen molar-refractivity contribution in [2.24, 2.45) is 5.92 Å². The number of benzene rings is 1. The van der Waals surface area contributed by atoms with E-state index in [0.29, 0.717) is 19.1 Å². The van der Waals surface area contributed by atoms with Crippen LogP contribution in [0.5, 0.6) is 5.75 Å². The van der Waals surface area contributed by atoms with Crippen LogP contribution in [-0.4, -0.2) is 53.4 Å². The number of nitrogens with zero attached hydrogens (tertiary/aromatic N) is 4. The highest BCUT2D eigenvalue weighted by Gasteiger charge is 2.31. The van der Waals surface area contributed by atoms with Gasteiger partial charge in [0.15, 0.2) is 0 Å². The van der Waals surface area contributed by atoms with Crippen molar-refractivity contribution in [1.29, 1.82) is 0 Å². The predicted molar refractivity (Wildman–Crippen MR) is 118 cm³/mol. The lowest BCUT2D eigenvalue weighted by atomic mass is 9.95. The Kier molecular flexibility index (Phi) is 6.45. The molecule has 0 amide bonds. The van der Waals surface area contributed by atoms with Gasteiger partial charge in [0.05, 0.1) is 25.9 Å². The van der Waals surface area contributed by atoms with Crippen molar-refractivity contribution in [2.75, 3.05) is 33.9 Å². The van der Waals surface area contributed by atoms with Gasteiger partial charge in [-0.2, -0.15) is 0 Å². The van der Waals surface area contributed by atoms with Crippen molar-refractivity contribution >= 4 is 0 Å². The Hall–Kier alpha value is -2.70. The van der Waals surface area contributed by atoms with Gasteiger partial charge in [0.25, 0.3) is 0 Å². The van der Waals surface area contributed by atoms with Crippen LogP contribution >= 0.6 is 0 Å². The third-order valence-electron chi connectivity index (χ3n) is 5.54. The summed E-state index contributed by atoms with van der Waals surface area (Å²) in [6.07, 6.45) is 8.65. The molecule has 6 nitrogen and oxygen atoms in total. The molecule has 158 valence electrons. The SMILES string of the molecule is CCOc1ccc(-c2nccn2[C@@H]2COC[C@H]2Cc2ccncc2)cc1CN(C)C. The average Bonchev–Trinajstić information content (AvgIpc) is 3.39. The van der Waals surface area contributed by atoms with Gasteiger partial charge in [-0.05, 0) is 63.3 Å². The van der Waals surface area contributed by atoms with E-state index in [9.17, 15) is 0 Å². The first-order valence-electron chi connectivity index (χ1n) is 10.6. The number of hydrogen-bond acceptors (Lipinski definition) is 5. The standard InChI is InChI=1S/C24H30N4O2/c1-4-30-23-6-5-19(14-20(23)15-27(2)3)24-26-11-12-28(24)22-17-29-16-21(22)13-18-7-9-25-10-8-18/h5-12,14,21-22H,4,13,15-17H2,1-3H3/t21-,22-/m1/s1. The molecule has 0 aliphatic carbocycles. The lowest BCUT2D eigenvalue weighted by Crippen LogP contribution is -2.20. The van der Waals surface area contributed by atoms with E-state index in [1.54, 1.807) is 0 Å². The highest BCUT2D eigenvalue weighted by atomic mass is 16.5. The highest BCUT2D eigenvalue weighted by Crippen LogP contribution is 2.34. The molecule has 1 saturated heterocycles. The van der Waals surface area contributed by atoms with Gasteiger partial charge in [-0.3, -0.25) is 4.98 Å². The smallest absolute Gasteiger partial charge is 0.140 e. The second kappa shape index (κ2) is 9.41. The second-order valence-corrected chi connectivity index (χ2v) is 8.08. The van der Waals surface area contributed by atoms with Crippen molar-refractivity contribution < 1.29 is 9.47 Å². The van der Waals surface area contributed by atoms with Crippen molar-refractivity contribution in [3.05, 3.63) is 66.2 Å². The first-order chi connectivity index (χ1) is 14.7. The minimum Gasteiger partial charge on any atom is -0.494 e. The molecule has 3 heterocycles. The zero-order valence-electron chi connectivity index (χ0n) is 18.0. The van der Waals surface area contributed by atoms with Crippen LogP contribution in [0.1, 0.15) is 24.1 Å². The van der Waals surface area contributed by atoms with Crippen LogP contribution in [0.15, 0.2) is 55.1 Å². The third-order valence-corrected chi connectivity index (χ3v) is 5.54. The van der Waals surface area contributed by atoms with Gasteiger partial charge in [0.2, 0.25) is 0 Å². The minimum atomic E-state index is 0.263. The lowest BCUT2D eigenvalue weighted by molar-refractivity contribution is 0.181. The minimum absolute atomic E-state index is 0.263. The van der Waals surface area contributed by atoms with Gasteiger partial charge in [-0.25, -0.2) is 4.98 Å². The number of aromatic nitrogens is 3. The number of hydrogen-bond donors (Lipinski definition) is 0. The van der Waals surface area contributed by atoms with Gasteiger partial charge in [0, 0.05) is 48.4 Å². The highest BCUT2D eigenvalue weighted by molar-refractivity contribution is 5.59. The van der Waals surface area contributed by atoms with Crippen molar-refractivity contribution in [3.8, 4) is 17.1 Å². The van der Waals surface area contributed by atoms with Crippen LogP contribution < -0.4 is 4.74 Å². The molecule has 1 aliphatic heterocycles. The van der Waals surface area contributed by atoms with Crippen LogP contribution in [0, 0.1) is 5.92 Å². The Balaban J connectivity index is 1.62. The molecule has 0 N–H and O–H groups in total. The number of imidazole rings is 1. The molecule has 30 heavy (non-hydrogen) atoms.